The molecule has 1 heterocycles. The molecule has 0 spiro atoms. The average Bonchev–Trinajstić information content (AvgIpc) is 3.04. The number of rotatable bonds is 7. The molecule has 0 saturated carbocycles. The fraction of sp³-hybridized carbons (Fsp3) is 0.190. The Balaban J connectivity index is 1.80. The monoisotopic (exact) mass is 442 g/mol. The molecule has 0 aliphatic rings. The molecule has 2 aromatic carbocycles. The zero-order valence-electron chi connectivity index (χ0n) is 16.1. The van der Waals surface area contributed by atoms with Crippen LogP contribution in [0.2, 0.25) is 10.0 Å². The molecule has 9 heteroatoms. The minimum atomic E-state index is -0.618. The Kier molecular flexibility index (Phi) is 6.50. The van der Waals surface area contributed by atoms with Crippen molar-refractivity contribution in [3.05, 3.63) is 52.1 Å². The van der Waals surface area contributed by atoms with Gasteiger partial charge in [0.25, 0.3) is 0 Å². The van der Waals surface area contributed by atoms with Gasteiger partial charge in [0.1, 0.15) is 17.6 Å². The first kappa shape index (κ1) is 21.5. The number of aromatic nitrogens is 2. The largest absolute Gasteiger partial charge is 0.454 e. The number of fused-ring (bicyclic) bond motifs is 1. The Morgan fingerprint density at radius 1 is 1.23 bits per heavy atom. The quantitative estimate of drug-likeness (QED) is 0.390. The number of ether oxygens (including phenoxy) is 1. The maximum Gasteiger partial charge on any atom is 0.198 e. The van der Waals surface area contributed by atoms with Gasteiger partial charge in [0.05, 0.1) is 28.5 Å². The number of benzene rings is 2. The molecule has 0 atom stereocenters. The van der Waals surface area contributed by atoms with Crippen molar-refractivity contribution in [1.29, 1.82) is 5.26 Å². The highest BCUT2D eigenvalue weighted by Gasteiger charge is 2.15. The van der Waals surface area contributed by atoms with E-state index in [9.17, 15) is 9.59 Å². The molecular weight excluding hydrogens is 427 g/mol. The van der Waals surface area contributed by atoms with Crippen LogP contribution >= 0.6 is 23.2 Å². The molecule has 0 radical (unpaired) electrons. The second-order valence-electron chi connectivity index (χ2n) is 6.59. The van der Waals surface area contributed by atoms with Gasteiger partial charge in [0.15, 0.2) is 17.2 Å². The van der Waals surface area contributed by atoms with Gasteiger partial charge < -0.3 is 4.74 Å². The first-order valence-electron chi connectivity index (χ1n) is 8.83. The topological polar surface area (TPSA) is 97.3 Å². The molecule has 7 nitrogen and oxygen atoms in total. The Bertz CT molecular complexity index is 1200. The summed E-state index contributed by atoms with van der Waals surface area (Å²) in [4.78, 5) is 26.9. The van der Waals surface area contributed by atoms with Crippen molar-refractivity contribution in [1.82, 2.24) is 9.78 Å². The zero-order chi connectivity index (χ0) is 21.8. The summed E-state index contributed by atoms with van der Waals surface area (Å²) in [6.07, 6.45) is 1.51. The zero-order valence-corrected chi connectivity index (χ0v) is 17.7. The molecule has 0 fully saturated rings. The van der Waals surface area contributed by atoms with Gasteiger partial charge in [-0.2, -0.15) is 10.4 Å². The summed E-state index contributed by atoms with van der Waals surface area (Å²) in [6.45, 7) is 1.28. The lowest BCUT2D eigenvalue weighted by Gasteiger charge is -2.11. The molecular formula is C21H16Cl2N4O3. The lowest BCUT2D eigenvalue weighted by molar-refractivity contribution is -0.122. The SMILES string of the molecule is CC(=O)CC(=O)C(C#N)=NCc1cc(Cl)c(Oc2ccc3nn(C)cc3c2)c(Cl)c1. The van der Waals surface area contributed by atoms with Crippen molar-refractivity contribution >= 4 is 51.4 Å². The van der Waals surface area contributed by atoms with E-state index < -0.39 is 5.78 Å². The minimum absolute atomic E-state index is 0.00784. The van der Waals surface area contributed by atoms with Crippen LogP contribution in [0.1, 0.15) is 18.9 Å². The average molecular weight is 443 g/mol. The number of aliphatic imine (C=N–C) groups is 1. The second kappa shape index (κ2) is 9.08. The number of ketones is 2. The highest BCUT2D eigenvalue weighted by Crippen LogP contribution is 2.38. The molecule has 0 bridgehead atoms. The van der Waals surface area contributed by atoms with E-state index in [1.54, 1.807) is 29.0 Å². The Morgan fingerprint density at radius 3 is 2.57 bits per heavy atom. The van der Waals surface area contributed by atoms with Crippen LogP contribution in [0.5, 0.6) is 11.5 Å². The van der Waals surface area contributed by atoms with Crippen LogP contribution in [-0.4, -0.2) is 27.1 Å². The number of hydrogen-bond donors (Lipinski definition) is 0. The number of nitriles is 1. The van der Waals surface area contributed by atoms with E-state index in [1.807, 2.05) is 25.4 Å². The number of carbonyl (C=O) groups is 2. The van der Waals surface area contributed by atoms with Crippen molar-refractivity contribution in [2.75, 3.05) is 0 Å². The molecule has 1 aromatic heterocycles. The van der Waals surface area contributed by atoms with Crippen LogP contribution in [0.25, 0.3) is 10.9 Å². The molecule has 152 valence electrons. The molecule has 0 saturated heterocycles. The van der Waals surface area contributed by atoms with Crippen molar-refractivity contribution in [3.8, 4) is 17.6 Å². The van der Waals surface area contributed by atoms with Gasteiger partial charge in [-0.25, -0.2) is 0 Å². The molecule has 0 unspecified atom stereocenters. The summed E-state index contributed by atoms with van der Waals surface area (Å²) in [6, 6.07) is 10.3. The predicted molar refractivity (Wildman–Crippen MR) is 114 cm³/mol. The Morgan fingerprint density at radius 2 is 1.93 bits per heavy atom. The molecule has 0 amide bonds. The highest BCUT2D eigenvalue weighted by molar-refractivity contribution is 6.48. The number of halogens is 2. The Hall–Kier alpha value is -3.21. The van der Waals surface area contributed by atoms with E-state index in [2.05, 4.69) is 10.1 Å². The van der Waals surface area contributed by atoms with Gasteiger partial charge in [-0.1, -0.05) is 23.2 Å². The molecule has 0 aliphatic heterocycles. The molecule has 3 rings (SSSR count). The summed E-state index contributed by atoms with van der Waals surface area (Å²) in [5.41, 5.74) is 1.11. The molecule has 0 N–H and O–H groups in total. The Labute approximate surface area is 182 Å². The summed E-state index contributed by atoms with van der Waals surface area (Å²) < 4.78 is 7.57. The van der Waals surface area contributed by atoms with Gasteiger partial charge in [-0.15, -0.1) is 0 Å². The van der Waals surface area contributed by atoms with Gasteiger partial charge in [-0.05, 0) is 42.8 Å². The van der Waals surface area contributed by atoms with Gasteiger partial charge in [0, 0.05) is 18.6 Å². The van der Waals surface area contributed by atoms with E-state index >= 15 is 0 Å². The second-order valence-corrected chi connectivity index (χ2v) is 7.41. The fourth-order valence-corrected chi connectivity index (χ4v) is 3.39. The van der Waals surface area contributed by atoms with E-state index in [0.717, 1.165) is 10.9 Å². The first-order chi connectivity index (χ1) is 14.3. The van der Waals surface area contributed by atoms with E-state index in [4.69, 9.17) is 33.2 Å². The van der Waals surface area contributed by atoms with Crippen LogP contribution in [-0.2, 0) is 23.2 Å². The normalized spacial score (nSPS) is 11.4. The maximum absolute atomic E-state index is 11.8. The molecule has 0 aliphatic carbocycles. The number of Topliss-reactive ketones (excluding diaryl/α,β-unsaturated/α-hetero) is 2. The summed E-state index contributed by atoms with van der Waals surface area (Å²) in [7, 11) is 1.83. The standard InChI is InChI=1S/C21H16Cl2N4O3/c1-12(28)5-20(29)19(9-24)25-10-13-6-16(22)21(17(23)7-13)30-15-3-4-18-14(8-15)11-27(2)26-18/h3-4,6-8,11H,5,10H2,1-2H3. The van der Waals surface area contributed by atoms with E-state index in [1.165, 1.54) is 6.92 Å². The van der Waals surface area contributed by atoms with Crippen molar-refractivity contribution in [2.24, 2.45) is 12.0 Å². The van der Waals surface area contributed by atoms with Crippen LogP contribution in [0.15, 0.2) is 41.5 Å². The smallest absolute Gasteiger partial charge is 0.198 e. The van der Waals surface area contributed by atoms with E-state index in [0.29, 0.717) is 11.3 Å². The van der Waals surface area contributed by atoms with Crippen molar-refractivity contribution in [2.45, 2.75) is 19.9 Å². The van der Waals surface area contributed by atoms with Gasteiger partial charge >= 0.3 is 0 Å². The minimum Gasteiger partial charge on any atom is -0.454 e. The lowest BCUT2D eigenvalue weighted by atomic mass is 10.1. The number of hydrogen-bond acceptors (Lipinski definition) is 6. The number of nitrogens with zero attached hydrogens (tertiary/aromatic N) is 4. The summed E-state index contributed by atoms with van der Waals surface area (Å²) in [5, 5.41) is 14.8. The van der Waals surface area contributed by atoms with Crippen LogP contribution in [0.4, 0.5) is 0 Å². The highest BCUT2D eigenvalue weighted by atomic mass is 35.5. The summed E-state index contributed by atoms with van der Waals surface area (Å²) in [5.74, 6) is -0.123. The molecule has 3 aromatic rings. The van der Waals surface area contributed by atoms with Crippen LogP contribution in [0, 0.1) is 11.3 Å². The van der Waals surface area contributed by atoms with Crippen molar-refractivity contribution < 1.29 is 14.3 Å². The molecule has 30 heavy (non-hydrogen) atoms. The van der Waals surface area contributed by atoms with Crippen LogP contribution in [0.3, 0.4) is 0 Å². The lowest BCUT2D eigenvalue weighted by Crippen LogP contribution is -2.15. The maximum atomic E-state index is 11.8. The third-order valence-corrected chi connectivity index (χ3v) is 4.63. The summed E-state index contributed by atoms with van der Waals surface area (Å²) >= 11 is 12.7. The van der Waals surface area contributed by atoms with E-state index in [-0.39, 0.29) is 40.3 Å². The number of aryl methyl sites for hydroxylation is 1. The first-order valence-corrected chi connectivity index (χ1v) is 9.58. The third kappa shape index (κ3) is 5.03. The fourth-order valence-electron chi connectivity index (χ4n) is 2.78. The third-order valence-electron chi connectivity index (χ3n) is 4.07. The van der Waals surface area contributed by atoms with Crippen molar-refractivity contribution in [3.63, 3.8) is 0 Å². The van der Waals surface area contributed by atoms with Crippen LogP contribution < -0.4 is 4.74 Å². The van der Waals surface area contributed by atoms with Gasteiger partial charge in [0.2, 0.25) is 0 Å². The number of carbonyl (C=O) groups excluding carboxylic acids is 2. The van der Waals surface area contributed by atoms with Gasteiger partial charge in [-0.3, -0.25) is 19.3 Å². The predicted octanol–water partition coefficient (Wildman–Crippen LogP) is 4.69.